The second-order valence-corrected chi connectivity index (χ2v) is 12.9. The highest BCUT2D eigenvalue weighted by atomic mass is 16.6. The first-order valence-electron chi connectivity index (χ1n) is 13.0. The maximum absolute atomic E-state index is 11.6. The molecule has 0 radical (unpaired) electrons. The lowest BCUT2D eigenvalue weighted by Gasteiger charge is -2.57. The lowest BCUT2D eigenvalue weighted by atomic mass is 9.46. The number of epoxide rings is 2. The molecule has 7 nitrogen and oxygen atoms in total. The monoisotopic (exact) mass is 486 g/mol. The summed E-state index contributed by atoms with van der Waals surface area (Å²) in [5.41, 5.74) is -4.35. The van der Waals surface area contributed by atoms with Gasteiger partial charge in [-0.05, 0) is 68.4 Å². The average Bonchev–Trinajstić information content (AvgIpc) is 3.65. The van der Waals surface area contributed by atoms with Gasteiger partial charge in [-0.25, -0.2) is 4.79 Å². The molecule has 0 amide bonds. The number of allylic oxidation sites excluding steroid dienone is 4. The normalized spacial score (nSPS) is 56.7. The first kappa shape index (κ1) is 23.7. The van der Waals surface area contributed by atoms with Crippen LogP contribution in [0.2, 0.25) is 0 Å². The number of fused-ring (bicyclic) bond motifs is 8. The Morgan fingerprint density at radius 1 is 1.17 bits per heavy atom. The van der Waals surface area contributed by atoms with Crippen molar-refractivity contribution >= 4 is 5.97 Å². The lowest BCUT2D eigenvalue weighted by molar-refractivity contribution is -0.142. The van der Waals surface area contributed by atoms with E-state index in [2.05, 4.69) is 19.9 Å². The maximum Gasteiger partial charge on any atom is 0.338 e. The van der Waals surface area contributed by atoms with E-state index in [1.807, 2.05) is 31.2 Å². The number of hydrogen-bond donors (Lipinski definition) is 4. The number of ether oxygens (including phenoxy) is 2. The first-order chi connectivity index (χ1) is 16.2. The molecule has 0 unspecified atom stereocenters. The van der Waals surface area contributed by atoms with Crippen LogP contribution in [0.3, 0.4) is 0 Å². The molecule has 13 atom stereocenters. The molecule has 2 aliphatic heterocycles. The fourth-order valence-corrected chi connectivity index (χ4v) is 8.84. The second-order valence-electron chi connectivity index (χ2n) is 12.9. The van der Waals surface area contributed by atoms with Crippen molar-refractivity contribution in [1.29, 1.82) is 0 Å². The van der Waals surface area contributed by atoms with Crippen molar-refractivity contribution in [2.24, 2.45) is 40.4 Å². The Hall–Kier alpha value is -1.67. The Bertz CT molecular complexity index is 1070. The summed E-state index contributed by atoms with van der Waals surface area (Å²) in [6.07, 6.45) is 10.7. The third kappa shape index (κ3) is 2.68. The predicted octanol–water partition coefficient (Wildman–Crippen LogP) is 3.37. The molecule has 35 heavy (non-hydrogen) atoms. The minimum absolute atomic E-state index is 0.0331. The molecule has 6 rings (SSSR count). The molecule has 4 fully saturated rings. The van der Waals surface area contributed by atoms with Crippen molar-refractivity contribution in [3.05, 3.63) is 36.1 Å². The quantitative estimate of drug-likeness (QED) is 0.439. The summed E-state index contributed by atoms with van der Waals surface area (Å²) in [6, 6.07) is 0. The zero-order chi connectivity index (χ0) is 25.3. The largest absolute Gasteiger partial charge is 0.512 e. The third-order valence-electron chi connectivity index (χ3n) is 11.5. The van der Waals surface area contributed by atoms with E-state index in [1.165, 1.54) is 0 Å². The molecule has 0 aromatic rings. The second kappa shape index (κ2) is 6.80. The zero-order valence-corrected chi connectivity index (χ0v) is 21.1. The fraction of sp³-hybridized carbons (Fsp3) is 0.750. The number of aliphatic hydroxyl groups excluding tert-OH is 2. The summed E-state index contributed by atoms with van der Waals surface area (Å²) in [5.74, 6) is -0.486. The van der Waals surface area contributed by atoms with Gasteiger partial charge in [0.2, 0.25) is 0 Å². The van der Waals surface area contributed by atoms with Crippen molar-refractivity contribution in [3.8, 4) is 0 Å². The van der Waals surface area contributed by atoms with Crippen LogP contribution in [0.25, 0.3) is 0 Å². The Kier molecular flexibility index (Phi) is 4.60. The number of hydrogen-bond acceptors (Lipinski definition) is 6. The van der Waals surface area contributed by atoms with Gasteiger partial charge in [-0.3, -0.25) is 0 Å². The third-order valence-corrected chi connectivity index (χ3v) is 11.5. The van der Waals surface area contributed by atoms with E-state index in [9.17, 15) is 25.2 Å². The molecule has 0 aromatic carbocycles. The Balaban J connectivity index is 1.30. The molecule has 7 heteroatoms. The van der Waals surface area contributed by atoms with Gasteiger partial charge in [0.05, 0.1) is 18.0 Å². The van der Waals surface area contributed by atoms with Crippen LogP contribution in [0.15, 0.2) is 36.1 Å². The molecule has 0 spiro atoms. The van der Waals surface area contributed by atoms with Gasteiger partial charge < -0.3 is 29.9 Å². The van der Waals surface area contributed by atoms with Crippen LogP contribution in [0, 0.1) is 40.4 Å². The van der Waals surface area contributed by atoms with Crippen LogP contribution in [0.5, 0.6) is 0 Å². The fourth-order valence-electron chi connectivity index (χ4n) is 8.84. The van der Waals surface area contributed by atoms with Crippen LogP contribution in [-0.4, -0.2) is 61.5 Å². The van der Waals surface area contributed by atoms with Crippen LogP contribution in [-0.2, 0) is 14.3 Å². The minimum atomic E-state index is -1.27. The maximum atomic E-state index is 11.6. The van der Waals surface area contributed by atoms with Gasteiger partial charge in [0.25, 0.3) is 0 Å². The molecule has 2 saturated carbocycles. The molecule has 0 aromatic heterocycles. The molecule has 4 N–H and O–H groups in total. The highest BCUT2D eigenvalue weighted by Crippen LogP contribution is 2.70. The SMILES string of the molecule is C[C@H]([C@H](O)C[C@]1(C)O[C@]1(C)C(=O)O)[C@H]1CC[C@H]2[C@@H]3[C@H]4O[C@H]4[C@@]4(O)C=CC=C[C@]4(C)[C@H]3C=C(O)[C@]12C. The van der Waals surface area contributed by atoms with E-state index in [4.69, 9.17) is 9.47 Å². The van der Waals surface area contributed by atoms with E-state index in [0.29, 0.717) is 5.76 Å². The smallest absolute Gasteiger partial charge is 0.338 e. The number of rotatable bonds is 5. The summed E-state index contributed by atoms with van der Waals surface area (Å²) in [4.78, 5) is 11.6. The van der Waals surface area contributed by atoms with E-state index >= 15 is 0 Å². The number of carboxylic acid groups (broad SMARTS) is 1. The van der Waals surface area contributed by atoms with Crippen LogP contribution in [0.1, 0.15) is 53.9 Å². The summed E-state index contributed by atoms with van der Waals surface area (Å²) in [6.45, 7) is 9.51. The minimum Gasteiger partial charge on any atom is -0.512 e. The van der Waals surface area contributed by atoms with Crippen molar-refractivity contribution in [3.63, 3.8) is 0 Å². The van der Waals surface area contributed by atoms with Crippen molar-refractivity contribution in [1.82, 2.24) is 0 Å². The first-order valence-corrected chi connectivity index (χ1v) is 13.0. The average molecular weight is 487 g/mol. The number of aliphatic carboxylic acids is 1. The molecular weight excluding hydrogens is 448 g/mol. The molecule has 2 heterocycles. The van der Waals surface area contributed by atoms with E-state index in [1.54, 1.807) is 13.8 Å². The summed E-state index contributed by atoms with van der Waals surface area (Å²) in [7, 11) is 0. The van der Waals surface area contributed by atoms with Crippen molar-refractivity contribution in [2.75, 3.05) is 0 Å². The number of carboxylic acids is 1. The molecule has 192 valence electrons. The lowest BCUT2D eigenvalue weighted by Crippen LogP contribution is -2.62. The number of carbonyl (C=O) groups is 1. The van der Waals surface area contributed by atoms with E-state index < -0.39 is 39.7 Å². The van der Waals surface area contributed by atoms with Gasteiger partial charge in [0.15, 0.2) is 5.60 Å². The van der Waals surface area contributed by atoms with Crippen molar-refractivity contribution in [2.45, 2.75) is 89.0 Å². The van der Waals surface area contributed by atoms with Crippen molar-refractivity contribution < 1.29 is 34.7 Å². The summed E-state index contributed by atoms with van der Waals surface area (Å²) in [5, 5.41) is 44.0. The molecule has 0 bridgehead atoms. The molecular formula is C28H38O7. The zero-order valence-electron chi connectivity index (χ0n) is 21.1. The van der Waals surface area contributed by atoms with Gasteiger partial charge >= 0.3 is 5.97 Å². The Morgan fingerprint density at radius 3 is 2.51 bits per heavy atom. The summed E-state index contributed by atoms with van der Waals surface area (Å²) < 4.78 is 11.7. The van der Waals surface area contributed by atoms with Gasteiger partial charge in [0.1, 0.15) is 17.3 Å². The Morgan fingerprint density at radius 2 is 1.86 bits per heavy atom. The van der Waals surface area contributed by atoms with Crippen LogP contribution >= 0.6 is 0 Å². The molecule has 2 saturated heterocycles. The highest BCUT2D eigenvalue weighted by molar-refractivity contribution is 5.82. The standard InChI is InChI=1S/C28H38O7/c1-14(18(29)13-25(3)27(5,35-25)23(31)32)15-8-9-16-20-17(12-19(30)26(15,16)4)24(2)10-6-7-11-28(24,33)22-21(20)34-22/h6-7,10-12,14-18,20-22,29-30,33H,8-9,13H2,1-5H3,(H,31,32)/t14-,15+,16-,17-,18+,20-,21+,22+,24+,25-,26+,27+,28-/m0/s1. The molecule has 6 aliphatic rings. The number of aliphatic hydroxyl groups is 3. The highest BCUT2D eigenvalue weighted by Gasteiger charge is 2.75. The molecule has 4 aliphatic carbocycles. The predicted molar refractivity (Wildman–Crippen MR) is 127 cm³/mol. The van der Waals surface area contributed by atoms with Crippen LogP contribution in [0.4, 0.5) is 0 Å². The Labute approximate surface area is 206 Å². The van der Waals surface area contributed by atoms with Gasteiger partial charge in [0, 0.05) is 17.3 Å². The van der Waals surface area contributed by atoms with Crippen LogP contribution < -0.4 is 0 Å². The van der Waals surface area contributed by atoms with E-state index in [0.717, 1.165) is 12.8 Å². The summed E-state index contributed by atoms with van der Waals surface area (Å²) >= 11 is 0. The van der Waals surface area contributed by atoms with E-state index in [-0.39, 0.29) is 48.2 Å². The topological polar surface area (TPSA) is 123 Å². The van der Waals surface area contributed by atoms with Gasteiger partial charge in [-0.15, -0.1) is 0 Å². The van der Waals surface area contributed by atoms with Gasteiger partial charge in [-0.2, -0.15) is 0 Å². The van der Waals surface area contributed by atoms with Gasteiger partial charge in [-0.1, -0.05) is 39.0 Å².